The lowest BCUT2D eigenvalue weighted by Gasteiger charge is -2.39. The Morgan fingerprint density at radius 3 is 2.08 bits per heavy atom. The average molecular weight is 541 g/mol. The lowest BCUT2D eigenvalue weighted by molar-refractivity contribution is -0.189. The number of halogens is 6. The number of sulfone groups is 1. The van der Waals surface area contributed by atoms with Crippen LogP contribution in [0.4, 0.5) is 26.3 Å². The Labute approximate surface area is 202 Å². The van der Waals surface area contributed by atoms with Crippen LogP contribution in [0.2, 0.25) is 0 Å². The fraction of sp³-hybridized carbons (Fsp3) is 0.409. The SMILES string of the molecule is COc1c(S(C)(=O)=O)ccc(O[C@@H](C)C(F)(F)F)c1C(=O)N1CC(Oc2ccc(C(F)(F)F)cc2)C1. The largest absolute Gasteiger partial charge is 0.494 e. The summed E-state index contributed by atoms with van der Waals surface area (Å²) >= 11 is 0. The van der Waals surface area contributed by atoms with E-state index in [2.05, 4.69) is 0 Å². The fourth-order valence-corrected chi connectivity index (χ4v) is 4.19. The first-order valence-electron chi connectivity index (χ1n) is 10.3. The van der Waals surface area contributed by atoms with Gasteiger partial charge < -0.3 is 19.1 Å². The van der Waals surface area contributed by atoms with Crippen LogP contribution >= 0.6 is 0 Å². The Balaban J connectivity index is 1.83. The molecule has 1 saturated heterocycles. The summed E-state index contributed by atoms with van der Waals surface area (Å²) in [6.45, 7) is 0.587. The van der Waals surface area contributed by atoms with E-state index in [0.29, 0.717) is 0 Å². The van der Waals surface area contributed by atoms with Gasteiger partial charge in [-0.1, -0.05) is 0 Å². The highest BCUT2D eigenvalue weighted by atomic mass is 32.2. The first-order chi connectivity index (χ1) is 16.5. The summed E-state index contributed by atoms with van der Waals surface area (Å²) in [5, 5.41) is 0. The van der Waals surface area contributed by atoms with E-state index in [1.54, 1.807) is 0 Å². The highest BCUT2D eigenvalue weighted by molar-refractivity contribution is 7.90. The van der Waals surface area contributed by atoms with Crippen molar-refractivity contribution in [1.29, 1.82) is 0 Å². The first kappa shape index (κ1) is 27.4. The summed E-state index contributed by atoms with van der Waals surface area (Å²) in [5.74, 6) is -1.74. The second-order valence-electron chi connectivity index (χ2n) is 8.02. The number of amides is 1. The zero-order valence-corrected chi connectivity index (χ0v) is 19.9. The van der Waals surface area contributed by atoms with Gasteiger partial charge in [0.2, 0.25) is 0 Å². The molecule has 0 bridgehead atoms. The Morgan fingerprint density at radius 2 is 1.61 bits per heavy atom. The van der Waals surface area contributed by atoms with Crippen LogP contribution in [0.1, 0.15) is 22.8 Å². The van der Waals surface area contributed by atoms with Crippen LogP contribution in [0.15, 0.2) is 41.3 Å². The highest BCUT2D eigenvalue weighted by Crippen LogP contribution is 2.39. The van der Waals surface area contributed by atoms with Gasteiger partial charge in [0.15, 0.2) is 21.7 Å². The van der Waals surface area contributed by atoms with E-state index in [4.69, 9.17) is 14.2 Å². The minimum absolute atomic E-state index is 0.0691. The van der Waals surface area contributed by atoms with Gasteiger partial charge in [-0.2, -0.15) is 26.3 Å². The van der Waals surface area contributed by atoms with E-state index in [1.807, 2.05) is 0 Å². The molecule has 1 atom stereocenters. The zero-order valence-electron chi connectivity index (χ0n) is 19.1. The van der Waals surface area contributed by atoms with Crippen molar-refractivity contribution in [3.05, 3.63) is 47.5 Å². The van der Waals surface area contributed by atoms with Crippen LogP contribution in [0.5, 0.6) is 17.2 Å². The van der Waals surface area contributed by atoms with Crippen molar-refractivity contribution >= 4 is 15.7 Å². The monoisotopic (exact) mass is 541 g/mol. The van der Waals surface area contributed by atoms with Gasteiger partial charge in [0, 0.05) is 6.26 Å². The third-order valence-corrected chi connectivity index (χ3v) is 6.41. The predicted molar refractivity (Wildman–Crippen MR) is 114 cm³/mol. The molecule has 0 spiro atoms. The lowest BCUT2D eigenvalue weighted by atomic mass is 10.1. The first-order valence-corrected chi connectivity index (χ1v) is 12.2. The highest BCUT2D eigenvalue weighted by Gasteiger charge is 2.41. The van der Waals surface area contributed by atoms with Crippen LogP contribution in [0.3, 0.4) is 0 Å². The van der Waals surface area contributed by atoms with Gasteiger partial charge >= 0.3 is 12.4 Å². The summed E-state index contributed by atoms with van der Waals surface area (Å²) < 4.78 is 117. The maximum Gasteiger partial charge on any atom is 0.425 e. The van der Waals surface area contributed by atoms with Crippen LogP contribution in [0, 0.1) is 0 Å². The van der Waals surface area contributed by atoms with Crippen molar-refractivity contribution in [2.24, 2.45) is 0 Å². The number of rotatable bonds is 7. The molecule has 14 heteroatoms. The molecule has 0 aliphatic carbocycles. The Kier molecular flexibility index (Phi) is 7.40. The zero-order chi connectivity index (χ0) is 27.1. The molecule has 0 unspecified atom stereocenters. The van der Waals surface area contributed by atoms with Crippen molar-refractivity contribution in [2.75, 3.05) is 26.5 Å². The second kappa shape index (κ2) is 9.71. The molecule has 1 aliphatic heterocycles. The third-order valence-electron chi connectivity index (χ3n) is 5.29. The second-order valence-corrected chi connectivity index (χ2v) is 10.0. The van der Waals surface area contributed by atoms with E-state index < -0.39 is 67.8 Å². The number of hydrogen-bond acceptors (Lipinski definition) is 6. The minimum Gasteiger partial charge on any atom is -0.494 e. The van der Waals surface area contributed by atoms with Crippen LogP contribution < -0.4 is 14.2 Å². The molecule has 0 radical (unpaired) electrons. The lowest BCUT2D eigenvalue weighted by Crippen LogP contribution is -2.56. The molecular weight excluding hydrogens is 520 g/mol. The normalized spacial score (nSPS) is 15.8. The molecule has 1 fully saturated rings. The summed E-state index contributed by atoms with van der Waals surface area (Å²) in [4.78, 5) is 13.9. The van der Waals surface area contributed by atoms with Gasteiger partial charge in [-0.05, 0) is 43.3 Å². The van der Waals surface area contributed by atoms with Crippen molar-refractivity contribution in [1.82, 2.24) is 4.90 Å². The molecule has 0 saturated carbocycles. The smallest absolute Gasteiger partial charge is 0.425 e. The summed E-state index contributed by atoms with van der Waals surface area (Å²) in [5.41, 5.74) is -1.37. The number of methoxy groups -OCH3 is 1. The van der Waals surface area contributed by atoms with Gasteiger partial charge in [-0.15, -0.1) is 0 Å². The molecule has 7 nitrogen and oxygen atoms in total. The van der Waals surface area contributed by atoms with Gasteiger partial charge in [0.25, 0.3) is 5.91 Å². The van der Waals surface area contributed by atoms with Crippen molar-refractivity contribution in [3.8, 4) is 17.2 Å². The average Bonchev–Trinajstić information content (AvgIpc) is 2.73. The van der Waals surface area contributed by atoms with Crippen molar-refractivity contribution in [3.63, 3.8) is 0 Å². The number of likely N-dealkylation sites (tertiary alicyclic amines) is 1. The maximum absolute atomic E-state index is 13.2. The van der Waals surface area contributed by atoms with E-state index in [1.165, 1.54) is 0 Å². The number of benzene rings is 2. The van der Waals surface area contributed by atoms with Crippen LogP contribution in [0.25, 0.3) is 0 Å². The van der Waals surface area contributed by atoms with Gasteiger partial charge in [-0.3, -0.25) is 4.79 Å². The number of nitrogens with zero attached hydrogens (tertiary/aromatic N) is 1. The number of hydrogen-bond donors (Lipinski definition) is 0. The molecular formula is C22H21F6NO6S. The molecule has 2 aromatic carbocycles. The molecule has 1 aliphatic rings. The summed E-state index contributed by atoms with van der Waals surface area (Å²) in [6.07, 6.45) is -11.4. The molecule has 0 N–H and O–H groups in total. The maximum atomic E-state index is 13.2. The molecule has 3 rings (SSSR count). The number of carbonyl (C=O) groups excluding carboxylic acids is 1. The van der Waals surface area contributed by atoms with Crippen LogP contribution in [-0.2, 0) is 16.0 Å². The number of carbonyl (C=O) groups is 1. The minimum atomic E-state index is -4.76. The van der Waals surface area contributed by atoms with E-state index in [9.17, 15) is 39.6 Å². The van der Waals surface area contributed by atoms with Crippen molar-refractivity contribution in [2.45, 2.75) is 36.4 Å². The summed E-state index contributed by atoms with van der Waals surface area (Å²) in [6, 6.07) is 5.85. The standard InChI is InChI=1S/C22H21F6NO6S/c1-12(21(23,24)25)34-16-8-9-17(36(3,31)32)19(33-2)18(16)20(30)29-10-15(11-29)35-14-6-4-13(5-7-14)22(26,27)28/h4-9,12,15H,10-11H2,1-3H3/t12-/m0/s1. The van der Waals surface area contributed by atoms with Crippen molar-refractivity contribution < 1.29 is 53.8 Å². The molecule has 198 valence electrons. The molecule has 1 amide bonds. The molecule has 36 heavy (non-hydrogen) atoms. The predicted octanol–water partition coefficient (Wildman–Crippen LogP) is 4.35. The van der Waals surface area contributed by atoms with E-state index in [-0.39, 0.29) is 18.8 Å². The Bertz CT molecular complexity index is 1220. The van der Waals surface area contributed by atoms with Gasteiger partial charge in [0.05, 0.1) is 25.8 Å². The number of alkyl halides is 6. The number of ether oxygens (including phenoxy) is 3. The van der Waals surface area contributed by atoms with Gasteiger partial charge in [0.1, 0.15) is 28.1 Å². The molecule has 1 heterocycles. The Hall–Kier alpha value is -3.16. The topological polar surface area (TPSA) is 82.1 Å². The van der Waals surface area contributed by atoms with Gasteiger partial charge in [-0.25, -0.2) is 8.42 Å². The Morgan fingerprint density at radius 1 is 1.03 bits per heavy atom. The van der Waals surface area contributed by atoms with Crippen LogP contribution in [-0.4, -0.2) is 64.1 Å². The fourth-order valence-electron chi connectivity index (χ4n) is 3.35. The third kappa shape index (κ3) is 5.97. The summed E-state index contributed by atoms with van der Waals surface area (Å²) in [7, 11) is -2.87. The molecule has 0 aromatic heterocycles. The van der Waals surface area contributed by atoms with E-state index in [0.717, 1.165) is 61.6 Å². The van der Waals surface area contributed by atoms with E-state index >= 15 is 0 Å². The molecule has 2 aromatic rings. The quantitative estimate of drug-likeness (QED) is 0.485.